The summed E-state index contributed by atoms with van der Waals surface area (Å²) in [7, 11) is 0. The molecule has 0 aliphatic heterocycles. The molecule has 1 aromatic heterocycles. The Morgan fingerprint density at radius 1 is 1.27 bits per heavy atom. The van der Waals surface area contributed by atoms with Gasteiger partial charge < -0.3 is 5.73 Å². The van der Waals surface area contributed by atoms with Crippen LogP contribution in [0.1, 0.15) is 45.1 Å². The largest absolute Gasteiger partial charge is 0.384 e. The molecule has 0 atom stereocenters. The van der Waals surface area contributed by atoms with Gasteiger partial charge in [0.2, 0.25) is 0 Å². The fourth-order valence-electron chi connectivity index (χ4n) is 1.14. The van der Waals surface area contributed by atoms with Crippen LogP contribution in [0.2, 0.25) is 0 Å². The van der Waals surface area contributed by atoms with Gasteiger partial charge in [-0.15, -0.1) is 0 Å². The van der Waals surface area contributed by atoms with Crippen LogP contribution in [0.25, 0.3) is 0 Å². The van der Waals surface area contributed by atoms with E-state index in [2.05, 4.69) is 37.7 Å². The van der Waals surface area contributed by atoms with E-state index < -0.39 is 0 Å². The minimum absolute atomic E-state index is 0.401. The average molecular weight is 225 g/mol. The Morgan fingerprint density at radius 2 is 1.93 bits per heavy atom. The third kappa shape index (κ3) is 4.08. The summed E-state index contributed by atoms with van der Waals surface area (Å²) < 4.78 is 0. The third-order valence-electron chi connectivity index (χ3n) is 1.95. The lowest BCUT2D eigenvalue weighted by atomic mass is 10.1. The molecule has 15 heavy (non-hydrogen) atoms. The highest BCUT2D eigenvalue weighted by Crippen LogP contribution is 2.18. The van der Waals surface area contributed by atoms with E-state index in [9.17, 15) is 0 Å². The molecule has 0 radical (unpaired) electrons. The van der Waals surface area contributed by atoms with E-state index in [4.69, 9.17) is 5.73 Å². The lowest BCUT2D eigenvalue weighted by molar-refractivity contribution is 0.801. The van der Waals surface area contributed by atoms with Crippen LogP contribution < -0.4 is 5.73 Å². The summed E-state index contributed by atoms with van der Waals surface area (Å²) in [4.78, 5) is 8.73. The molecule has 0 saturated carbocycles. The van der Waals surface area contributed by atoms with Crippen molar-refractivity contribution in [3.8, 4) is 0 Å². The van der Waals surface area contributed by atoms with E-state index >= 15 is 0 Å². The molecular formula is C11H19N3S. The maximum Gasteiger partial charge on any atom is 0.140 e. The molecule has 0 aliphatic rings. The van der Waals surface area contributed by atoms with Gasteiger partial charge in [0.1, 0.15) is 11.6 Å². The van der Waals surface area contributed by atoms with Crippen molar-refractivity contribution >= 4 is 17.6 Å². The lowest BCUT2D eigenvalue weighted by Gasteiger charge is -2.09. The van der Waals surface area contributed by atoms with Crippen LogP contribution >= 0.6 is 11.8 Å². The summed E-state index contributed by atoms with van der Waals surface area (Å²) in [5.74, 6) is 2.66. The first kappa shape index (κ1) is 12.3. The van der Waals surface area contributed by atoms with Crippen LogP contribution in [0.5, 0.6) is 0 Å². The smallest absolute Gasteiger partial charge is 0.140 e. The van der Waals surface area contributed by atoms with Crippen molar-refractivity contribution in [2.45, 2.75) is 44.6 Å². The van der Waals surface area contributed by atoms with Gasteiger partial charge in [0.25, 0.3) is 0 Å². The third-order valence-corrected chi connectivity index (χ3v) is 3.04. The molecular weight excluding hydrogens is 206 g/mol. The zero-order valence-corrected chi connectivity index (χ0v) is 10.6. The van der Waals surface area contributed by atoms with Crippen LogP contribution in [0, 0.1) is 0 Å². The molecule has 0 unspecified atom stereocenters. The predicted molar refractivity (Wildman–Crippen MR) is 67.0 cm³/mol. The highest BCUT2D eigenvalue weighted by molar-refractivity contribution is 7.99. The first-order valence-electron chi connectivity index (χ1n) is 5.24. The summed E-state index contributed by atoms with van der Waals surface area (Å²) >= 11 is 1.83. The Labute approximate surface area is 95.9 Å². The number of nitrogens with two attached hydrogens (primary N) is 1. The monoisotopic (exact) mass is 225 g/mol. The van der Waals surface area contributed by atoms with E-state index in [1.165, 1.54) is 0 Å². The molecule has 2 N–H and O–H groups in total. The molecule has 84 valence electrons. The number of rotatable bonds is 4. The van der Waals surface area contributed by atoms with E-state index in [-0.39, 0.29) is 0 Å². The van der Waals surface area contributed by atoms with Gasteiger partial charge in [-0.25, -0.2) is 9.97 Å². The minimum Gasteiger partial charge on any atom is -0.384 e. The fourth-order valence-corrected chi connectivity index (χ4v) is 1.75. The van der Waals surface area contributed by atoms with Crippen molar-refractivity contribution in [2.75, 3.05) is 5.73 Å². The molecule has 0 aromatic carbocycles. The predicted octanol–water partition coefficient (Wildman–Crippen LogP) is 2.82. The van der Waals surface area contributed by atoms with Gasteiger partial charge in [0.15, 0.2) is 0 Å². The van der Waals surface area contributed by atoms with Crippen LogP contribution in [-0.2, 0) is 5.75 Å². The van der Waals surface area contributed by atoms with E-state index in [0.717, 1.165) is 17.3 Å². The normalized spacial score (nSPS) is 11.3. The summed E-state index contributed by atoms with van der Waals surface area (Å²) in [5.41, 5.74) is 6.77. The van der Waals surface area contributed by atoms with Gasteiger partial charge in [-0.3, -0.25) is 0 Å². The van der Waals surface area contributed by atoms with E-state index in [1.54, 1.807) is 0 Å². The van der Waals surface area contributed by atoms with Gasteiger partial charge in [0.05, 0.1) is 5.75 Å². The molecule has 0 aliphatic carbocycles. The molecule has 0 bridgehead atoms. The SMILES string of the molecule is CC(C)SCc1nc(N)cc(C(C)C)n1. The lowest BCUT2D eigenvalue weighted by Crippen LogP contribution is -2.04. The highest BCUT2D eigenvalue weighted by atomic mass is 32.2. The second kappa shape index (κ2) is 5.35. The zero-order chi connectivity index (χ0) is 11.4. The summed E-state index contributed by atoms with van der Waals surface area (Å²) in [6.07, 6.45) is 0. The molecule has 3 nitrogen and oxygen atoms in total. The van der Waals surface area contributed by atoms with Gasteiger partial charge in [-0.2, -0.15) is 11.8 Å². The summed E-state index contributed by atoms with van der Waals surface area (Å²) in [6, 6.07) is 1.86. The van der Waals surface area contributed by atoms with Gasteiger partial charge in [0, 0.05) is 11.8 Å². The molecule has 0 fully saturated rings. The Morgan fingerprint density at radius 3 is 2.47 bits per heavy atom. The number of anilines is 1. The van der Waals surface area contributed by atoms with E-state index in [0.29, 0.717) is 17.0 Å². The number of aromatic nitrogens is 2. The topological polar surface area (TPSA) is 51.8 Å². The van der Waals surface area contributed by atoms with Gasteiger partial charge in [-0.1, -0.05) is 27.7 Å². The first-order chi connectivity index (χ1) is 6.99. The molecule has 4 heteroatoms. The van der Waals surface area contributed by atoms with Crippen molar-refractivity contribution in [1.29, 1.82) is 0 Å². The van der Waals surface area contributed by atoms with Gasteiger partial charge >= 0.3 is 0 Å². The Hall–Kier alpha value is -0.770. The number of hydrogen-bond acceptors (Lipinski definition) is 4. The van der Waals surface area contributed by atoms with Crippen molar-refractivity contribution in [2.24, 2.45) is 0 Å². The van der Waals surface area contributed by atoms with Crippen LogP contribution in [-0.4, -0.2) is 15.2 Å². The fraction of sp³-hybridized carbons (Fsp3) is 0.636. The zero-order valence-electron chi connectivity index (χ0n) is 9.82. The van der Waals surface area contributed by atoms with Crippen molar-refractivity contribution in [3.63, 3.8) is 0 Å². The number of hydrogen-bond donors (Lipinski definition) is 1. The maximum atomic E-state index is 5.74. The Bertz CT molecular complexity index is 324. The summed E-state index contributed by atoms with van der Waals surface area (Å²) in [6.45, 7) is 8.56. The average Bonchev–Trinajstić information content (AvgIpc) is 2.13. The van der Waals surface area contributed by atoms with Crippen LogP contribution in [0.3, 0.4) is 0 Å². The molecule has 0 spiro atoms. The van der Waals surface area contributed by atoms with Crippen molar-refractivity contribution in [1.82, 2.24) is 9.97 Å². The Balaban J connectivity index is 2.79. The molecule has 1 aromatic rings. The Kier molecular flexibility index (Phi) is 4.39. The second-order valence-electron chi connectivity index (χ2n) is 4.15. The maximum absolute atomic E-state index is 5.74. The van der Waals surface area contributed by atoms with E-state index in [1.807, 2.05) is 17.8 Å². The second-order valence-corrected chi connectivity index (χ2v) is 5.71. The van der Waals surface area contributed by atoms with Crippen LogP contribution in [0.15, 0.2) is 6.07 Å². The van der Waals surface area contributed by atoms with Crippen molar-refractivity contribution < 1.29 is 0 Å². The van der Waals surface area contributed by atoms with Crippen molar-refractivity contribution in [3.05, 3.63) is 17.6 Å². The molecule has 0 amide bonds. The van der Waals surface area contributed by atoms with Gasteiger partial charge in [-0.05, 0) is 11.2 Å². The highest BCUT2D eigenvalue weighted by Gasteiger charge is 2.06. The number of thioether (sulfide) groups is 1. The molecule has 1 rings (SSSR count). The number of nitrogens with zero attached hydrogens (tertiary/aromatic N) is 2. The van der Waals surface area contributed by atoms with Crippen LogP contribution in [0.4, 0.5) is 5.82 Å². The molecule has 1 heterocycles. The first-order valence-corrected chi connectivity index (χ1v) is 6.29. The summed E-state index contributed by atoms with van der Waals surface area (Å²) in [5, 5.41) is 0.595. The molecule has 0 saturated heterocycles. The number of nitrogen functional groups attached to an aromatic ring is 1. The standard InChI is InChI=1S/C11H19N3S/c1-7(2)9-5-10(12)14-11(13-9)6-15-8(3)4/h5,7-8H,6H2,1-4H3,(H2,12,13,14). The minimum atomic E-state index is 0.401. The quantitative estimate of drug-likeness (QED) is 0.856.